The van der Waals surface area contributed by atoms with Crippen LogP contribution in [-0.4, -0.2) is 16.7 Å². The predicted octanol–water partition coefficient (Wildman–Crippen LogP) is 3.74. The van der Waals surface area contributed by atoms with Crippen molar-refractivity contribution in [2.45, 2.75) is 12.5 Å². The van der Waals surface area contributed by atoms with Crippen LogP contribution in [0.1, 0.15) is 18.1 Å². The van der Waals surface area contributed by atoms with E-state index in [1.807, 2.05) is 60.8 Å². The summed E-state index contributed by atoms with van der Waals surface area (Å²) in [4.78, 5) is 4.20. The molecule has 3 nitrogen and oxygen atoms in total. The van der Waals surface area contributed by atoms with Gasteiger partial charge in [0, 0.05) is 29.8 Å². The normalized spacial score (nSPS) is 12.2. The van der Waals surface area contributed by atoms with Gasteiger partial charge in [0.2, 0.25) is 0 Å². The van der Waals surface area contributed by atoms with E-state index in [4.69, 9.17) is 4.74 Å². The molecule has 0 aliphatic heterocycles. The Kier molecular flexibility index (Phi) is 4.12. The van der Waals surface area contributed by atoms with E-state index in [0.717, 1.165) is 22.1 Å². The molecule has 1 heterocycles. The number of nitrogens with zero attached hydrogens (tertiary/aromatic N) is 1. The smallest absolute Gasteiger partial charge is 0.119 e. The summed E-state index contributed by atoms with van der Waals surface area (Å²) in [6, 6.07) is 17.6. The molecule has 1 unspecified atom stereocenters. The molecule has 106 valence electrons. The molecule has 0 aliphatic rings. The van der Waals surface area contributed by atoms with Gasteiger partial charge >= 0.3 is 0 Å². The molecule has 1 aromatic heterocycles. The second-order valence-corrected chi connectivity index (χ2v) is 4.92. The Labute approximate surface area is 123 Å². The number of fused-ring (bicyclic) bond motifs is 1. The fourth-order valence-electron chi connectivity index (χ4n) is 2.37. The first-order valence-corrected chi connectivity index (χ1v) is 7.03. The Morgan fingerprint density at radius 1 is 0.952 bits per heavy atom. The minimum atomic E-state index is -0.577. The Morgan fingerprint density at radius 2 is 1.71 bits per heavy atom. The van der Waals surface area contributed by atoms with Crippen LogP contribution in [0, 0.1) is 0 Å². The van der Waals surface area contributed by atoms with E-state index >= 15 is 0 Å². The van der Waals surface area contributed by atoms with Crippen molar-refractivity contribution in [2.24, 2.45) is 0 Å². The van der Waals surface area contributed by atoms with E-state index < -0.39 is 6.10 Å². The lowest BCUT2D eigenvalue weighted by atomic mass is 10.0. The molecule has 1 N–H and O–H groups in total. The van der Waals surface area contributed by atoms with E-state index in [0.29, 0.717) is 13.0 Å². The second-order valence-electron chi connectivity index (χ2n) is 4.92. The van der Waals surface area contributed by atoms with Gasteiger partial charge in [-0.25, -0.2) is 0 Å². The molecular weight excluding hydrogens is 262 g/mol. The number of aliphatic hydroxyl groups excluding tert-OH is 1. The van der Waals surface area contributed by atoms with Gasteiger partial charge in [0.15, 0.2) is 0 Å². The van der Waals surface area contributed by atoms with E-state index in [1.54, 1.807) is 6.20 Å². The lowest BCUT2D eigenvalue weighted by molar-refractivity contribution is 0.142. The number of ether oxygens (including phenoxy) is 1. The summed E-state index contributed by atoms with van der Waals surface area (Å²) in [5, 5.41) is 12.5. The van der Waals surface area contributed by atoms with Crippen molar-refractivity contribution < 1.29 is 9.84 Å². The topological polar surface area (TPSA) is 42.4 Å². The SMILES string of the molecule is OC(CCOc1ccccc1)c1cncc2ccccc12. The van der Waals surface area contributed by atoms with Gasteiger partial charge in [-0.2, -0.15) is 0 Å². The number of aliphatic hydroxyl groups is 1. The molecule has 0 radical (unpaired) electrons. The van der Waals surface area contributed by atoms with E-state index in [9.17, 15) is 5.11 Å². The summed E-state index contributed by atoms with van der Waals surface area (Å²) in [6.07, 6.45) is 3.50. The number of aromatic nitrogens is 1. The molecule has 2 aromatic carbocycles. The van der Waals surface area contributed by atoms with E-state index in [1.165, 1.54) is 0 Å². The third-order valence-corrected chi connectivity index (χ3v) is 3.46. The van der Waals surface area contributed by atoms with Gasteiger partial charge in [0.1, 0.15) is 5.75 Å². The van der Waals surface area contributed by atoms with Crippen LogP contribution in [0.2, 0.25) is 0 Å². The van der Waals surface area contributed by atoms with Crippen LogP contribution >= 0.6 is 0 Å². The Balaban J connectivity index is 1.68. The van der Waals surface area contributed by atoms with Crippen molar-refractivity contribution in [3.63, 3.8) is 0 Å². The zero-order valence-electron chi connectivity index (χ0n) is 11.6. The van der Waals surface area contributed by atoms with Gasteiger partial charge in [0.25, 0.3) is 0 Å². The van der Waals surface area contributed by atoms with Crippen LogP contribution < -0.4 is 4.74 Å². The number of benzene rings is 2. The van der Waals surface area contributed by atoms with Crippen LogP contribution in [0.25, 0.3) is 10.8 Å². The van der Waals surface area contributed by atoms with Crippen molar-refractivity contribution in [2.75, 3.05) is 6.61 Å². The number of hydrogen-bond acceptors (Lipinski definition) is 3. The molecule has 0 saturated heterocycles. The molecule has 0 bridgehead atoms. The molecule has 0 aliphatic carbocycles. The summed E-state index contributed by atoms with van der Waals surface area (Å²) in [7, 11) is 0. The van der Waals surface area contributed by atoms with Gasteiger partial charge in [-0.15, -0.1) is 0 Å². The molecule has 3 heteroatoms. The van der Waals surface area contributed by atoms with Gasteiger partial charge in [-0.1, -0.05) is 42.5 Å². The van der Waals surface area contributed by atoms with Crippen LogP contribution in [0.15, 0.2) is 67.0 Å². The van der Waals surface area contributed by atoms with E-state index in [2.05, 4.69) is 4.98 Å². The van der Waals surface area contributed by atoms with Crippen LogP contribution in [0.5, 0.6) is 5.75 Å². The van der Waals surface area contributed by atoms with Gasteiger partial charge in [0.05, 0.1) is 12.7 Å². The summed E-state index contributed by atoms with van der Waals surface area (Å²) in [5.74, 6) is 0.820. The highest BCUT2D eigenvalue weighted by atomic mass is 16.5. The lowest BCUT2D eigenvalue weighted by Gasteiger charge is -2.14. The second kappa shape index (κ2) is 6.37. The van der Waals surface area contributed by atoms with Gasteiger partial charge < -0.3 is 9.84 Å². The van der Waals surface area contributed by atoms with Crippen molar-refractivity contribution in [1.82, 2.24) is 4.98 Å². The third kappa shape index (κ3) is 3.20. The molecular formula is C18H17NO2. The summed E-state index contributed by atoms with van der Waals surface area (Å²) < 4.78 is 5.63. The summed E-state index contributed by atoms with van der Waals surface area (Å²) >= 11 is 0. The molecule has 0 amide bonds. The Bertz CT molecular complexity index is 707. The Hall–Kier alpha value is -2.39. The third-order valence-electron chi connectivity index (χ3n) is 3.46. The number of hydrogen-bond donors (Lipinski definition) is 1. The van der Waals surface area contributed by atoms with Crippen molar-refractivity contribution in [3.8, 4) is 5.75 Å². The summed E-state index contributed by atoms with van der Waals surface area (Å²) in [5.41, 5.74) is 0.852. The van der Waals surface area contributed by atoms with Crippen LogP contribution in [0.3, 0.4) is 0 Å². The van der Waals surface area contributed by atoms with Gasteiger partial charge in [-0.3, -0.25) is 4.98 Å². The highest BCUT2D eigenvalue weighted by molar-refractivity contribution is 5.84. The first-order valence-electron chi connectivity index (χ1n) is 7.03. The minimum Gasteiger partial charge on any atom is -0.493 e. The molecule has 0 fully saturated rings. The maximum atomic E-state index is 10.4. The minimum absolute atomic E-state index is 0.467. The predicted molar refractivity (Wildman–Crippen MR) is 83.3 cm³/mol. The van der Waals surface area contributed by atoms with Crippen molar-refractivity contribution >= 4 is 10.8 Å². The van der Waals surface area contributed by atoms with Crippen LogP contribution in [-0.2, 0) is 0 Å². The monoisotopic (exact) mass is 279 g/mol. The largest absolute Gasteiger partial charge is 0.493 e. The van der Waals surface area contributed by atoms with Crippen LogP contribution in [0.4, 0.5) is 0 Å². The highest BCUT2D eigenvalue weighted by Gasteiger charge is 2.11. The van der Waals surface area contributed by atoms with Crippen molar-refractivity contribution in [1.29, 1.82) is 0 Å². The zero-order valence-corrected chi connectivity index (χ0v) is 11.6. The molecule has 21 heavy (non-hydrogen) atoms. The first kappa shape index (κ1) is 13.6. The molecule has 1 atom stereocenters. The van der Waals surface area contributed by atoms with Gasteiger partial charge in [-0.05, 0) is 17.5 Å². The highest BCUT2D eigenvalue weighted by Crippen LogP contribution is 2.25. The average molecular weight is 279 g/mol. The average Bonchev–Trinajstić information content (AvgIpc) is 2.55. The fraction of sp³-hybridized carbons (Fsp3) is 0.167. The Morgan fingerprint density at radius 3 is 2.57 bits per heavy atom. The van der Waals surface area contributed by atoms with Crippen molar-refractivity contribution in [3.05, 3.63) is 72.6 Å². The fourth-order valence-corrected chi connectivity index (χ4v) is 2.37. The molecule has 3 rings (SSSR count). The lowest BCUT2D eigenvalue weighted by Crippen LogP contribution is -2.06. The zero-order chi connectivity index (χ0) is 14.5. The molecule has 0 spiro atoms. The quantitative estimate of drug-likeness (QED) is 0.773. The maximum Gasteiger partial charge on any atom is 0.119 e. The summed E-state index contributed by atoms with van der Waals surface area (Å²) in [6.45, 7) is 0.467. The standard InChI is InChI=1S/C18H17NO2/c20-18(10-11-21-15-7-2-1-3-8-15)17-13-19-12-14-6-4-5-9-16(14)17/h1-9,12-13,18,20H,10-11H2. The number of pyridine rings is 1. The molecule has 0 saturated carbocycles. The van der Waals surface area contributed by atoms with E-state index in [-0.39, 0.29) is 0 Å². The number of para-hydroxylation sites is 1. The maximum absolute atomic E-state index is 10.4. The molecule has 3 aromatic rings. The first-order chi connectivity index (χ1) is 10.3. The number of rotatable bonds is 5.